The van der Waals surface area contributed by atoms with E-state index in [1.165, 1.54) is 12.8 Å². The summed E-state index contributed by atoms with van der Waals surface area (Å²) >= 11 is 0. The van der Waals surface area contributed by atoms with Gasteiger partial charge in [-0.2, -0.15) is 0 Å². The first-order valence-electron chi connectivity index (χ1n) is 5.92. The molecule has 5 nitrogen and oxygen atoms in total. The van der Waals surface area contributed by atoms with Crippen LogP contribution >= 0.6 is 0 Å². The molecule has 2 N–H and O–H groups in total. The highest BCUT2D eigenvalue weighted by atomic mass is 15.3. The molecule has 5 heteroatoms. The number of anilines is 1. The van der Waals surface area contributed by atoms with Gasteiger partial charge in [-0.15, -0.1) is 10.2 Å². The fourth-order valence-electron chi connectivity index (χ4n) is 1.73. The van der Waals surface area contributed by atoms with Crippen molar-refractivity contribution in [3.63, 3.8) is 0 Å². The Morgan fingerprint density at radius 1 is 1.29 bits per heavy atom. The Morgan fingerprint density at radius 2 is 2.18 bits per heavy atom. The van der Waals surface area contributed by atoms with Crippen LogP contribution in [0.3, 0.4) is 0 Å². The van der Waals surface area contributed by atoms with E-state index in [4.69, 9.17) is 5.73 Å². The zero-order valence-corrected chi connectivity index (χ0v) is 10.0. The SMILES string of the molecule is CCCCCn1cnnc1-c1cccc(N)n1. The van der Waals surface area contributed by atoms with Crippen LogP contribution in [0.2, 0.25) is 0 Å². The maximum atomic E-state index is 5.67. The van der Waals surface area contributed by atoms with Crippen molar-refractivity contribution in [3.8, 4) is 11.5 Å². The summed E-state index contributed by atoms with van der Waals surface area (Å²) in [6, 6.07) is 5.54. The van der Waals surface area contributed by atoms with Gasteiger partial charge in [0.1, 0.15) is 17.8 Å². The predicted molar refractivity (Wildman–Crippen MR) is 67.2 cm³/mol. The van der Waals surface area contributed by atoms with Gasteiger partial charge in [-0.05, 0) is 18.6 Å². The van der Waals surface area contributed by atoms with Gasteiger partial charge in [0.15, 0.2) is 5.82 Å². The molecule has 0 saturated carbocycles. The Kier molecular flexibility index (Phi) is 3.69. The first-order valence-corrected chi connectivity index (χ1v) is 5.92. The number of nitrogen functional groups attached to an aromatic ring is 1. The minimum absolute atomic E-state index is 0.505. The molecule has 0 aromatic carbocycles. The summed E-state index contributed by atoms with van der Waals surface area (Å²) in [5, 5.41) is 8.04. The van der Waals surface area contributed by atoms with Crippen molar-refractivity contribution in [2.75, 3.05) is 5.73 Å². The number of rotatable bonds is 5. The van der Waals surface area contributed by atoms with E-state index < -0.39 is 0 Å². The third-order valence-corrected chi connectivity index (χ3v) is 2.62. The smallest absolute Gasteiger partial charge is 0.182 e. The summed E-state index contributed by atoms with van der Waals surface area (Å²) in [5.74, 6) is 1.29. The van der Waals surface area contributed by atoms with Gasteiger partial charge in [0.2, 0.25) is 0 Å². The number of nitrogens with zero attached hydrogens (tertiary/aromatic N) is 4. The fourth-order valence-corrected chi connectivity index (χ4v) is 1.73. The van der Waals surface area contributed by atoms with Crippen LogP contribution in [0.4, 0.5) is 5.82 Å². The van der Waals surface area contributed by atoms with Gasteiger partial charge in [-0.25, -0.2) is 4.98 Å². The third-order valence-electron chi connectivity index (χ3n) is 2.62. The van der Waals surface area contributed by atoms with Crippen LogP contribution in [-0.4, -0.2) is 19.7 Å². The van der Waals surface area contributed by atoms with Crippen LogP contribution in [0.1, 0.15) is 26.2 Å². The normalized spacial score (nSPS) is 10.6. The zero-order valence-electron chi connectivity index (χ0n) is 10.0. The van der Waals surface area contributed by atoms with Gasteiger partial charge >= 0.3 is 0 Å². The van der Waals surface area contributed by atoms with Crippen molar-refractivity contribution in [1.29, 1.82) is 0 Å². The molecule has 0 aliphatic carbocycles. The molecule has 0 atom stereocenters. The van der Waals surface area contributed by atoms with E-state index in [1.54, 1.807) is 12.4 Å². The molecule has 2 aromatic rings. The standard InChI is InChI=1S/C12H17N5/c1-2-3-4-8-17-9-14-16-12(17)10-6-5-7-11(13)15-10/h5-7,9H,2-4,8H2,1H3,(H2,13,15). The Balaban J connectivity index is 2.18. The van der Waals surface area contributed by atoms with Crippen molar-refractivity contribution >= 4 is 5.82 Å². The average molecular weight is 231 g/mol. The molecule has 2 aromatic heterocycles. The van der Waals surface area contributed by atoms with E-state index in [0.29, 0.717) is 5.82 Å². The minimum Gasteiger partial charge on any atom is -0.384 e. The van der Waals surface area contributed by atoms with E-state index in [1.807, 2.05) is 16.7 Å². The molecular weight excluding hydrogens is 214 g/mol. The second-order valence-electron chi connectivity index (χ2n) is 4.00. The molecule has 0 radical (unpaired) electrons. The van der Waals surface area contributed by atoms with Crippen LogP contribution < -0.4 is 5.73 Å². The van der Waals surface area contributed by atoms with Crippen LogP contribution in [-0.2, 0) is 6.54 Å². The van der Waals surface area contributed by atoms with Crippen LogP contribution in [0.5, 0.6) is 0 Å². The van der Waals surface area contributed by atoms with E-state index in [0.717, 1.165) is 24.5 Å². The molecule has 0 amide bonds. The number of pyridine rings is 1. The number of unbranched alkanes of at least 4 members (excludes halogenated alkanes) is 2. The Bertz CT molecular complexity index is 477. The monoisotopic (exact) mass is 231 g/mol. The van der Waals surface area contributed by atoms with Gasteiger partial charge in [0, 0.05) is 6.54 Å². The summed E-state index contributed by atoms with van der Waals surface area (Å²) in [7, 11) is 0. The molecule has 0 aliphatic rings. The lowest BCUT2D eigenvalue weighted by Gasteiger charge is -2.05. The molecule has 0 fully saturated rings. The van der Waals surface area contributed by atoms with Gasteiger partial charge < -0.3 is 10.3 Å². The van der Waals surface area contributed by atoms with Crippen LogP contribution in [0, 0.1) is 0 Å². The minimum atomic E-state index is 0.505. The Morgan fingerprint density at radius 3 is 2.94 bits per heavy atom. The molecule has 2 rings (SSSR count). The van der Waals surface area contributed by atoms with E-state index in [9.17, 15) is 0 Å². The topological polar surface area (TPSA) is 69.6 Å². The highest BCUT2D eigenvalue weighted by Crippen LogP contribution is 2.15. The van der Waals surface area contributed by atoms with Gasteiger partial charge in [0.25, 0.3) is 0 Å². The van der Waals surface area contributed by atoms with E-state index in [-0.39, 0.29) is 0 Å². The van der Waals surface area contributed by atoms with Gasteiger partial charge in [-0.1, -0.05) is 25.8 Å². The lowest BCUT2D eigenvalue weighted by Crippen LogP contribution is -2.01. The third kappa shape index (κ3) is 2.81. The molecule has 17 heavy (non-hydrogen) atoms. The quantitative estimate of drug-likeness (QED) is 0.800. The average Bonchev–Trinajstić information content (AvgIpc) is 2.78. The maximum absolute atomic E-state index is 5.67. The van der Waals surface area contributed by atoms with Crippen molar-refractivity contribution in [2.45, 2.75) is 32.7 Å². The molecule has 0 unspecified atom stereocenters. The molecule has 90 valence electrons. The second kappa shape index (κ2) is 5.43. The molecule has 0 spiro atoms. The van der Waals surface area contributed by atoms with Gasteiger partial charge in [-0.3, -0.25) is 0 Å². The largest absolute Gasteiger partial charge is 0.384 e. The second-order valence-corrected chi connectivity index (χ2v) is 4.00. The molecule has 0 saturated heterocycles. The number of hydrogen-bond acceptors (Lipinski definition) is 4. The summed E-state index contributed by atoms with van der Waals surface area (Å²) in [6.07, 6.45) is 5.29. The lowest BCUT2D eigenvalue weighted by molar-refractivity contribution is 0.604. The maximum Gasteiger partial charge on any atom is 0.182 e. The first kappa shape index (κ1) is 11.6. The van der Waals surface area contributed by atoms with Crippen molar-refractivity contribution < 1.29 is 0 Å². The molecule has 0 aliphatic heterocycles. The van der Waals surface area contributed by atoms with Gasteiger partial charge in [0.05, 0.1) is 0 Å². The van der Waals surface area contributed by atoms with Crippen molar-refractivity contribution in [3.05, 3.63) is 24.5 Å². The number of hydrogen-bond donors (Lipinski definition) is 1. The van der Waals surface area contributed by atoms with E-state index >= 15 is 0 Å². The zero-order chi connectivity index (χ0) is 12.1. The summed E-state index contributed by atoms with van der Waals surface area (Å²) in [6.45, 7) is 3.11. The summed E-state index contributed by atoms with van der Waals surface area (Å²) < 4.78 is 2.03. The number of aryl methyl sites for hydroxylation is 1. The highest BCUT2D eigenvalue weighted by Gasteiger charge is 2.08. The number of nitrogens with two attached hydrogens (primary N) is 1. The van der Waals surface area contributed by atoms with Crippen LogP contribution in [0.15, 0.2) is 24.5 Å². The highest BCUT2D eigenvalue weighted by molar-refractivity contribution is 5.52. The van der Waals surface area contributed by atoms with Crippen molar-refractivity contribution in [1.82, 2.24) is 19.7 Å². The first-order chi connectivity index (χ1) is 8.31. The molecule has 0 bridgehead atoms. The molecular formula is C12H17N5. The summed E-state index contributed by atoms with van der Waals surface area (Å²) in [4.78, 5) is 4.26. The molecule has 2 heterocycles. The Hall–Kier alpha value is -1.91. The van der Waals surface area contributed by atoms with Crippen LogP contribution in [0.25, 0.3) is 11.5 Å². The van der Waals surface area contributed by atoms with Crippen molar-refractivity contribution in [2.24, 2.45) is 0 Å². The predicted octanol–water partition coefficient (Wildman–Crippen LogP) is 2.11. The fraction of sp³-hybridized carbons (Fsp3) is 0.417. The Labute approximate surface area is 101 Å². The number of aromatic nitrogens is 4. The lowest BCUT2D eigenvalue weighted by atomic mass is 10.2. The van der Waals surface area contributed by atoms with E-state index in [2.05, 4.69) is 22.1 Å². The summed E-state index contributed by atoms with van der Waals surface area (Å²) in [5.41, 5.74) is 6.44.